The molecule has 0 bridgehead atoms. The van der Waals surface area contributed by atoms with Crippen LogP contribution in [-0.2, 0) is 0 Å². The molecule has 0 aromatic carbocycles. The average Bonchev–Trinajstić information content (AvgIpc) is 2.00. The van der Waals surface area contributed by atoms with Crippen LogP contribution in [0.4, 0.5) is 0 Å². The zero-order valence-corrected chi connectivity index (χ0v) is 8.89. The largest absolute Gasteiger partial charge is 0.301 e. The summed E-state index contributed by atoms with van der Waals surface area (Å²) in [5.41, 5.74) is 0. The highest BCUT2D eigenvalue weighted by atomic mass is 15.1. The van der Waals surface area contributed by atoms with Crippen molar-refractivity contribution in [2.75, 3.05) is 7.05 Å². The Hall–Kier alpha value is -0.0400. The Morgan fingerprint density at radius 1 is 1.09 bits per heavy atom. The fourth-order valence-corrected chi connectivity index (χ4v) is 1.16. The molecule has 0 amide bonds. The van der Waals surface area contributed by atoms with Crippen molar-refractivity contribution in [3.05, 3.63) is 0 Å². The molecular formula is C10H23N. The lowest BCUT2D eigenvalue weighted by Gasteiger charge is -2.32. The van der Waals surface area contributed by atoms with Crippen LogP contribution in [-0.4, -0.2) is 24.0 Å². The van der Waals surface area contributed by atoms with Gasteiger partial charge >= 0.3 is 0 Å². The van der Waals surface area contributed by atoms with Gasteiger partial charge in [-0.25, -0.2) is 0 Å². The first-order chi connectivity index (χ1) is 5.00. The molecule has 0 aromatic rings. The van der Waals surface area contributed by atoms with Crippen LogP contribution in [0.25, 0.3) is 0 Å². The Balaban J connectivity index is 3.90. The Labute approximate surface area is 71.8 Å². The van der Waals surface area contributed by atoms with Gasteiger partial charge in [0.25, 0.3) is 0 Å². The van der Waals surface area contributed by atoms with E-state index in [1.54, 1.807) is 0 Å². The monoisotopic (exact) mass is 157 g/mol. The molecule has 1 unspecified atom stereocenters. The van der Waals surface area contributed by atoms with E-state index in [-0.39, 0.29) is 0 Å². The van der Waals surface area contributed by atoms with E-state index in [0.717, 1.165) is 5.92 Å². The smallest absolute Gasteiger partial charge is 0.00896 e. The van der Waals surface area contributed by atoms with Crippen LogP contribution in [0.1, 0.15) is 41.0 Å². The fraction of sp³-hybridized carbons (Fsp3) is 1.00. The Morgan fingerprint density at radius 2 is 1.55 bits per heavy atom. The van der Waals surface area contributed by atoms with Crippen molar-refractivity contribution in [2.24, 2.45) is 5.92 Å². The summed E-state index contributed by atoms with van der Waals surface area (Å²) in [4.78, 5) is 2.46. The van der Waals surface area contributed by atoms with Crippen LogP contribution in [0.2, 0.25) is 0 Å². The van der Waals surface area contributed by atoms with Crippen LogP contribution in [0.5, 0.6) is 0 Å². The number of hydrogen-bond donors (Lipinski definition) is 0. The second-order valence-corrected chi connectivity index (χ2v) is 3.91. The highest BCUT2D eigenvalue weighted by Crippen LogP contribution is 2.12. The first kappa shape index (κ1) is 11.0. The van der Waals surface area contributed by atoms with Gasteiger partial charge in [-0.1, -0.05) is 20.8 Å². The molecule has 11 heavy (non-hydrogen) atoms. The van der Waals surface area contributed by atoms with E-state index in [2.05, 4.69) is 46.6 Å². The van der Waals surface area contributed by atoms with Gasteiger partial charge in [0.05, 0.1) is 0 Å². The van der Waals surface area contributed by atoms with Gasteiger partial charge in [0, 0.05) is 12.1 Å². The van der Waals surface area contributed by atoms with Crippen LogP contribution in [0, 0.1) is 5.92 Å². The van der Waals surface area contributed by atoms with E-state index in [9.17, 15) is 0 Å². The minimum Gasteiger partial charge on any atom is -0.301 e. The minimum absolute atomic E-state index is 0.699. The summed E-state index contributed by atoms with van der Waals surface area (Å²) < 4.78 is 0. The van der Waals surface area contributed by atoms with E-state index in [0.29, 0.717) is 12.1 Å². The molecule has 0 heterocycles. The van der Waals surface area contributed by atoms with Gasteiger partial charge in [-0.15, -0.1) is 0 Å². The lowest BCUT2D eigenvalue weighted by Crippen LogP contribution is -2.39. The predicted octanol–water partition coefficient (Wildman–Crippen LogP) is 2.76. The fourth-order valence-electron chi connectivity index (χ4n) is 1.16. The summed E-state index contributed by atoms with van der Waals surface area (Å²) in [6, 6.07) is 1.41. The lowest BCUT2D eigenvalue weighted by molar-refractivity contribution is 0.154. The topological polar surface area (TPSA) is 3.24 Å². The Kier molecular flexibility index (Phi) is 4.74. The molecule has 0 N–H and O–H groups in total. The molecule has 0 aliphatic rings. The molecule has 1 nitrogen and oxygen atoms in total. The highest BCUT2D eigenvalue weighted by molar-refractivity contribution is 4.71. The van der Waals surface area contributed by atoms with Gasteiger partial charge in [0.15, 0.2) is 0 Å². The zero-order valence-electron chi connectivity index (χ0n) is 8.89. The summed E-state index contributed by atoms with van der Waals surface area (Å²) in [6.45, 7) is 11.4. The summed E-state index contributed by atoms with van der Waals surface area (Å²) in [5.74, 6) is 0.758. The molecule has 0 aliphatic heterocycles. The molecule has 0 saturated carbocycles. The molecule has 0 saturated heterocycles. The van der Waals surface area contributed by atoms with Crippen LogP contribution in [0.3, 0.4) is 0 Å². The molecule has 0 aliphatic carbocycles. The lowest BCUT2D eigenvalue weighted by atomic mass is 10.0. The molecule has 2 atom stereocenters. The van der Waals surface area contributed by atoms with Gasteiger partial charge in [-0.05, 0) is 33.2 Å². The molecule has 1 heteroatoms. The van der Waals surface area contributed by atoms with Crippen molar-refractivity contribution in [1.82, 2.24) is 4.90 Å². The first-order valence-corrected chi connectivity index (χ1v) is 4.72. The van der Waals surface area contributed by atoms with E-state index >= 15 is 0 Å². The van der Waals surface area contributed by atoms with Crippen molar-refractivity contribution in [3.8, 4) is 0 Å². The van der Waals surface area contributed by atoms with Crippen molar-refractivity contribution in [2.45, 2.75) is 53.1 Å². The second-order valence-electron chi connectivity index (χ2n) is 3.91. The van der Waals surface area contributed by atoms with Crippen molar-refractivity contribution >= 4 is 0 Å². The third-order valence-corrected chi connectivity index (χ3v) is 2.89. The van der Waals surface area contributed by atoms with E-state index in [1.807, 2.05) is 0 Å². The Bertz CT molecular complexity index is 99.0. The van der Waals surface area contributed by atoms with Gasteiger partial charge in [0.2, 0.25) is 0 Å². The maximum Gasteiger partial charge on any atom is 0.00896 e. The van der Waals surface area contributed by atoms with Crippen molar-refractivity contribution in [3.63, 3.8) is 0 Å². The van der Waals surface area contributed by atoms with E-state index in [1.165, 1.54) is 6.42 Å². The standard InChI is InChI=1S/C10H23N/c1-7-9(4)11(6)10(5)8(2)3/h8-10H,7H2,1-6H3/t9-,10?/m0/s1. The minimum atomic E-state index is 0.699. The molecule has 0 aromatic heterocycles. The van der Waals surface area contributed by atoms with Crippen molar-refractivity contribution < 1.29 is 0 Å². The second kappa shape index (κ2) is 4.76. The van der Waals surface area contributed by atoms with E-state index < -0.39 is 0 Å². The third-order valence-electron chi connectivity index (χ3n) is 2.89. The normalized spacial score (nSPS) is 17.5. The molecule has 0 fully saturated rings. The Morgan fingerprint density at radius 3 is 1.82 bits per heavy atom. The number of rotatable bonds is 4. The van der Waals surface area contributed by atoms with Crippen LogP contribution < -0.4 is 0 Å². The van der Waals surface area contributed by atoms with Gasteiger partial charge in [0.1, 0.15) is 0 Å². The number of hydrogen-bond acceptors (Lipinski definition) is 1. The van der Waals surface area contributed by atoms with Gasteiger partial charge in [-0.2, -0.15) is 0 Å². The van der Waals surface area contributed by atoms with Crippen LogP contribution >= 0.6 is 0 Å². The maximum absolute atomic E-state index is 2.46. The summed E-state index contributed by atoms with van der Waals surface area (Å²) in [5, 5.41) is 0. The summed E-state index contributed by atoms with van der Waals surface area (Å²) in [6.07, 6.45) is 1.24. The zero-order chi connectivity index (χ0) is 9.02. The van der Waals surface area contributed by atoms with Crippen molar-refractivity contribution in [1.29, 1.82) is 0 Å². The molecule has 0 radical (unpaired) electrons. The molecule has 0 spiro atoms. The average molecular weight is 157 g/mol. The van der Waals surface area contributed by atoms with Crippen LogP contribution in [0.15, 0.2) is 0 Å². The first-order valence-electron chi connectivity index (χ1n) is 4.72. The van der Waals surface area contributed by atoms with Gasteiger partial charge < -0.3 is 4.90 Å². The van der Waals surface area contributed by atoms with E-state index in [4.69, 9.17) is 0 Å². The molecule has 0 rings (SSSR count). The summed E-state index contributed by atoms with van der Waals surface area (Å²) >= 11 is 0. The van der Waals surface area contributed by atoms with Gasteiger partial charge in [-0.3, -0.25) is 0 Å². The molecular weight excluding hydrogens is 134 g/mol. The summed E-state index contributed by atoms with van der Waals surface area (Å²) in [7, 11) is 2.22. The maximum atomic E-state index is 2.46. The number of nitrogens with zero attached hydrogens (tertiary/aromatic N) is 1. The third kappa shape index (κ3) is 3.24. The predicted molar refractivity (Wildman–Crippen MR) is 51.8 cm³/mol. The molecule has 68 valence electrons. The quantitative estimate of drug-likeness (QED) is 0.606. The highest BCUT2D eigenvalue weighted by Gasteiger charge is 2.16. The SMILES string of the molecule is CC[C@H](C)N(C)C(C)C(C)C.